The van der Waals surface area contributed by atoms with Crippen molar-refractivity contribution in [1.82, 2.24) is 20.4 Å². The van der Waals surface area contributed by atoms with Crippen molar-refractivity contribution in [2.45, 2.75) is 39.3 Å². The molecule has 2 heterocycles. The van der Waals surface area contributed by atoms with E-state index in [1.165, 1.54) is 5.56 Å². The highest BCUT2D eigenvalue weighted by Crippen LogP contribution is 2.68. The summed E-state index contributed by atoms with van der Waals surface area (Å²) in [6.45, 7) is 5.53. The van der Waals surface area contributed by atoms with Crippen LogP contribution in [0.15, 0.2) is 42.7 Å². The van der Waals surface area contributed by atoms with Gasteiger partial charge in [-0.05, 0) is 55.0 Å². The first kappa shape index (κ1) is 16.3. The molecule has 1 aliphatic heterocycles. The lowest BCUT2D eigenvalue weighted by molar-refractivity contribution is -0.127. The quantitative estimate of drug-likeness (QED) is 0.880. The van der Waals surface area contributed by atoms with Crippen molar-refractivity contribution in [2.24, 2.45) is 10.8 Å². The van der Waals surface area contributed by atoms with E-state index in [2.05, 4.69) is 34.8 Å². The second-order valence-corrected chi connectivity index (χ2v) is 7.69. The van der Waals surface area contributed by atoms with Gasteiger partial charge in [0, 0.05) is 18.9 Å². The van der Waals surface area contributed by atoms with Crippen molar-refractivity contribution in [3.05, 3.63) is 53.9 Å². The molecule has 5 nitrogen and oxygen atoms in total. The molecule has 1 atom stereocenters. The Hall–Kier alpha value is -2.14. The van der Waals surface area contributed by atoms with Gasteiger partial charge in [-0.2, -0.15) is 5.10 Å². The van der Waals surface area contributed by atoms with Gasteiger partial charge in [-0.1, -0.05) is 31.2 Å². The summed E-state index contributed by atoms with van der Waals surface area (Å²) in [7, 11) is 0. The fraction of sp³-hybridized carbons (Fsp3) is 0.500. The number of piperidine rings is 1. The standard InChI is InChI=1S/C20H26N4O/c1-19(15-20(19)7-10-21-11-8-20)18(25)22-13-16-5-2-3-6-17(16)14-24-12-4-9-23-24/h2-6,9,12,21H,7-8,10-11,13-15H2,1H3,(H,22,25). The molecule has 5 heteroatoms. The van der Waals surface area contributed by atoms with Gasteiger partial charge in [-0.15, -0.1) is 0 Å². The number of carbonyl (C=O) groups excluding carboxylic acids is 1. The first-order valence-electron chi connectivity index (χ1n) is 9.16. The number of hydrogen-bond acceptors (Lipinski definition) is 3. The second kappa shape index (κ2) is 6.30. The molecule has 1 unspecified atom stereocenters. The average molecular weight is 338 g/mol. The molecule has 25 heavy (non-hydrogen) atoms. The van der Waals surface area contributed by atoms with Crippen LogP contribution in [0, 0.1) is 10.8 Å². The molecule has 2 aliphatic rings. The molecule has 1 aromatic heterocycles. The SMILES string of the molecule is CC1(C(=O)NCc2ccccc2Cn2cccn2)CC12CCNCC2. The minimum absolute atomic E-state index is 0.188. The number of aromatic nitrogens is 2. The zero-order chi connectivity index (χ0) is 17.3. The highest BCUT2D eigenvalue weighted by atomic mass is 16.2. The summed E-state index contributed by atoms with van der Waals surface area (Å²) in [4.78, 5) is 12.9. The Bertz CT molecular complexity index is 749. The first-order chi connectivity index (χ1) is 12.1. The number of benzene rings is 1. The third kappa shape index (κ3) is 2.97. The van der Waals surface area contributed by atoms with Crippen molar-refractivity contribution >= 4 is 5.91 Å². The van der Waals surface area contributed by atoms with Crippen molar-refractivity contribution in [1.29, 1.82) is 0 Å². The fourth-order valence-electron chi connectivity index (χ4n) is 4.41. The van der Waals surface area contributed by atoms with E-state index in [0.29, 0.717) is 6.54 Å². The number of hydrogen-bond donors (Lipinski definition) is 2. The summed E-state index contributed by atoms with van der Waals surface area (Å²) >= 11 is 0. The average Bonchev–Trinajstić information content (AvgIpc) is 2.99. The lowest BCUT2D eigenvalue weighted by Crippen LogP contribution is -2.38. The summed E-state index contributed by atoms with van der Waals surface area (Å²) in [5.41, 5.74) is 2.40. The molecule has 132 valence electrons. The molecule has 1 aromatic carbocycles. The minimum Gasteiger partial charge on any atom is -0.352 e. The third-order valence-electron chi connectivity index (χ3n) is 6.25. The maximum atomic E-state index is 12.9. The Morgan fingerprint density at radius 1 is 1.24 bits per heavy atom. The Balaban J connectivity index is 1.41. The Morgan fingerprint density at radius 2 is 2.00 bits per heavy atom. The molecule has 0 bridgehead atoms. The van der Waals surface area contributed by atoms with Crippen molar-refractivity contribution < 1.29 is 4.79 Å². The van der Waals surface area contributed by atoms with Gasteiger partial charge < -0.3 is 10.6 Å². The van der Waals surface area contributed by atoms with Crippen LogP contribution in [0.5, 0.6) is 0 Å². The molecule has 2 aromatic rings. The molecule has 2 N–H and O–H groups in total. The molecule has 1 amide bonds. The molecular formula is C20H26N4O. The van der Waals surface area contributed by atoms with Gasteiger partial charge in [0.2, 0.25) is 5.91 Å². The summed E-state index contributed by atoms with van der Waals surface area (Å²) in [6.07, 6.45) is 7.01. The van der Waals surface area contributed by atoms with Crippen LogP contribution >= 0.6 is 0 Å². The lowest BCUT2D eigenvalue weighted by Gasteiger charge is -2.27. The van der Waals surface area contributed by atoms with Crippen LogP contribution in [0.1, 0.15) is 37.3 Å². The van der Waals surface area contributed by atoms with Crippen molar-refractivity contribution in [3.8, 4) is 0 Å². The monoisotopic (exact) mass is 338 g/mol. The number of nitrogens with one attached hydrogen (secondary N) is 2. The van der Waals surface area contributed by atoms with Crippen LogP contribution in [0.25, 0.3) is 0 Å². The van der Waals surface area contributed by atoms with E-state index >= 15 is 0 Å². The number of nitrogens with zero attached hydrogens (tertiary/aromatic N) is 2. The topological polar surface area (TPSA) is 59.0 Å². The zero-order valence-electron chi connectivity index (χ0n) is 14.8. The molecule has 0 radical (unpaired) electrons. The summed E-state index contributed by atoms with van der Waals surface area (Å²) < 4.78 is 1.91. The normalized spacial score (nSPS) is 24.2. The molecular weight excluding hydrogens is 312 g/mol. The fourth-order valence-corrected chi connectivity index (χ4v) is 4.41. The number of carbonyl (C=O) groups is 1. The van der Waals surface area contributed by atoms with Crippen LogP contribution in [0.3, 0.4) is 0 Å². The highest BCUT2D eigenvalue weighted by Gasteiger charge is 2.67. The molecule has 4 rings (SSSR count). The molecule has 1 aliphatic carbocycles. The maximum Gasteiger partial charge on any atom is 0.226 e. The van der Waals surface area contributed by atoms with E-state index in [4.69, 9.17) is 0 Å². The second-order valence-electron chi connectivity index (χ2n) is 7.69. The smallest absolute Gasteiger partial charge is 0.226 e. The Kier molecular flexibility index (Phi) is 4.12. The van der Waals surface area contributed by atoms with E-state index in [9.17, 15) is 4.79 Å². The van der Waals surface area contributed by atoms with E-state index in [1.54, 1.807) is 6.20 Å². The highest BCUT2D eigenvalue weighted by molar-refractivity contribution is 5.86. The van der Waals surface area contributed by atoms with Gasteiger partial charge in [-0.25, -0.2) is 0 Å². The van der Waals surface area contributed by atoms with Gasteiger partial charge in [0.05, 0.1) is 12.0 Å². The third-order valence-corrected chi connectivity index (χ3v) is 6.25. The van der Waals surface area contributed by atoms with E-state index < -0.39 is 0 Å². The number of rotatable bonds is 5. The predicted octanol–water partition coefficient (Wildman–Crippen LogP) is 2.33. The maximum absolute atomic E-state index is 12.9. The molecule has 1 saturated heterocycles. The van der Waals surface area contributed by atoms with E-state index in [0.717, 1.165) is 44.5 Å². The van der Waals surface area contributed by atoms with Crippen LogP contribution in [-0.2, 0) is 17.9 Å². The lowest BCUT2D eigenvalue weighted by atomic mass is 9.85. The minimum atomic E-state index is -0.188. The van der Waals surface area contributed by atoms with Crippen molar-refractivity contribution in [3.63, 3.8) is 0 Å². The van der Waals surface area contributed by atoms with Crippen LogP contribution in [0.4, 0.5) is 0 Å². The van der Waals surface area contributed by atoms with Crippen LogP contribution in [-0.4, -0.2) is 28.8 Å². The molecule has 2 fully saturated rings. The Labute approximate surface area is 148 Å². The van der Waals surface area contributed by atoms with E-state index in [-0.39, 0.29) is 16.7 Å². The van der Waals surface area contributed by atoms with Crippen LogP contribution < -0.4 is 10.6 Å². The van der Waals surface area contributed by atoms with E-state index in [1.807, 2.05) is 29.1 Å². The van der Waals surface area contributed by atoms with Crippen LogP contribution in [0.2, 0.25) is 0 Å². The summed E-state index contributed by atoms with van der Waals surface area (Å²) in [5.74, 6) is 0.211. The first-order valence-corrected chi connectivity index (χ1v) is 9.16. The number of amides is 1. The Morgan fingerprint density at radius 3 is 2.72 bits per heavy atom. The zero-order valence-corrected chi connectivity index (χ0v) is 14.8. The molecule has 1 saturated carbocycles. The van der Waals surface area contributed by atoms with Crippen molar-refractivity contribution in [2.75, 3.05) is 13.1 Å². The van der Waals surface area contributed by atoms with Gasteiger partial charge in [0.1, 0.15) is 0 Å². The summed E-state index contributed by atoms with van der Waals surface area (Å²) in [5, 5.41) is 10.9. The largest absolute Gasteiger partial charge is 0.352 e. The summed E-state index contributed by atoms with van der Waals surface area (Å²) in [6, 6.07) is 10.2. The van der Waals surface area contributed by atoms with Gasteiger partial charge in [-0.3, -0.25) is 9.48 Å². The van der Waals surface area contributed by atoms with Gasteiger partial charge >= 0.3 is 0 Å². The predicted molar refractivity (Wildman–Crippen MR) is 96.9 cm³/mol. The van der Waals surface area contributed by atoms with Gasteiger partial charge in [0.25, 0.3) is 0 Å². The molecule has 1 spiro atoms. The van der Waals surface area contributed by atoms with Gasteiger partial charge in [0.15, 0.2) is 0 Å².